The van der Waals surface area contributed by atoms with Crippen LogP contribution >= 0.6 is 0 Å². The second-order valence-electron chi connectivity index (χ2n) is 5.17. The predicted octanol–water partition coefficient (Wildman–Crippen LogP) is 2.64. The van der Waals surface area contributed by atoms with E-state index in [1.54, 1.807) is 6.26 Å². The fourth-order valence-electron chi connectivity index (χ4n) is 3.12. The molecule has 2 fully saturated rings. The first-order valence-electron chi connectivity index (χ1n) is 6.22. The van der Waals surface area contributed by atoms with Crippen molar-refractivity contribution in [1.29, 1.82) is 0 Å². The predicted molar refractivity (Wildman–Crippen MR) is 61.2 cm³/mol. The molecule has 1 aliphatic carbocycles. The first kappa shape index (κ1) is 10.4. The van der Waals surface area contributed by atoms with E-state index in [-0.39, 0.29) is 11.6 Å². The van der Waals surface area contributed by atoms with Crippen LogP contribution in [0, 0.1) is 0 Å². The van der Waals surface area contributed by atoms with Crippen LogP contribution in [-0.4, -0.2) is 18.2 Å². The third kappa shape index (κ3) is 1.68. The third-order valence-electron chi connectivity index (χ3n) is 3.91. The Morgan fingerprint density at radius 2 is 2.19 bits per heavy atom. The summed E-state index contributed by atoms with van der Waals surface area (Å²) in [5.74, 6) is 0.938. The van der Waals surface area contributed by atoms with E-state index in [1.807, 2.05) is 12.1 Å². The van der Waals surface area contributed by atoms with Crippen molar-refractivity contribution in [2.75, 3.05) is 6.61 Å². The highest BCUT2D eigenvalue weighted by Crippen LogP contribution is 2.37. The zero-order chi connectivity index (χ0) is 11.0. The molecule has 1 saturated heterocycles. The molecule has 0 amide bonds. The molecule has 1 spiro atoms. The van der Waals surface area contributed by atoms with Crippen LogP contribution in [0.25, 0.3) is 0 Å². The first-order valence-corrected chi connectivity index (χ1v) is 6.22. The number of hydrogen-bond acceptors (Lipinski definition) is 3. The zero-order valence-electron chi connectivity index (χ0n) is 9.74. The first-order chi connectivity index (χ1) is 7.79. The second kappa shape index (κ2) is 3.90. The van der Waals surface area contributed by atoms with E-state index in [0.29, 0.717) is 6.04 Å². The number of ether oxygens (including phenoxy) is 1. The summed E-state index contributed by atoms with van der Waals surface area (Å²) in [6.45, 7) is 3.01. The number of morpholine rings is 1. The van der Waals surface area contributed by atoms with Crippen molar-refractivity contribution in [3.63, 3.8) is 0 Å². The minimum atomic E-state index is 0.0706. The molecule has 3 rings (SSSR count). The SMILES string of the molecule is CC1NC2(CCCC2)COC1c1ccco1. The van der Waals surface area contributed by atoms with E-state index in [4.69, 9.17) is 9.15 Å². The van der Waals surface area contributed by atoms with Gasteiger partial charge in [-0.25, -0.2) is 0 Å². The largest absolute Gasteiger partial charge is 0.467 e. The van der Waals surface area contributed by atoms with Gasteiger partial charge in [0.1, 0.15) is 11.9 Å². The molecule has 2 heterocycles. The maximum Gasteiger partial charge on any atom is 0.134 e. The van der Waals surface area contributed by atoms with Crippen LogP contribution in [0.1, 0.15) is 44.5 Å². The van der Waals surface area contributed by atoms with Gasteiger partial charge in [-0.1, -0.05) is 12.8 Å². The number of nitrogens with one attached hydrogen (secondary N) is 1. The van der Waals surface area contributed by atoms with E-state index >= 15 is 0 Å². The summed E-state index contributed by atoms with van der Waals surface area (Å²) in [7, 11) is 0. The molecule has 2 atom stereocenters. The van der Waals surface area contributed by atoms with Crippen LogP contribution in [0.4, 0.5) is 0 Å². The quantitative estimate of drug-likeness (QED) is 0.791. The van der Waals surface area contributed by atoms with E-state index in [2.05, 4.69) is 12.2 Å². The number of furan rings is 1. The molecule has 3 heteroatoms. The molecule has 1 aliphatic heterocycles. The average molecular weight is 221 g/mol. The smallest absolute Gasteiger partial charge is 0.134 e. The fourth-order valence-corrected chi connectivity index (χ4v) is 3.12. The van der Waals surface area contributed by atoms with Crippen molar-refractivity contribution in [3.8, 4) is 0 Å². The minimum absolute atomic E-state index is 0.0706. The van der Waals surface area contributed by atoms with Gasteiger partial charge >= 0.3 is 0 Å². The van der Waals surface area contributed by atoms with Gasteiger partial charge in [-0.3, -0.25) is 0 Å². The Morgan fingerprint density at radius 1 is 1.38 bits per heavy atom. The molecule has 88 valence electrons. The molecule has 1 saturated carbocycles. The molecule has 16 heavy (non-hydrogen) atoms. The molecule has 1 aromatic heterocycles. The fraction of sp³-hybridized carbons (Fsp3) is 0.692. The monoisotopic (exact) mass is 221 g/mol. The molecule has 0 aromatic carbocycles. The lowest BCUT2D eigenvalue weighted by molar-refractivity contribution is -0.0676. The van der Waals surface area contributed by atoms with Gasteiger partial charge in [0.15, 0.2) is 0 Å². The lowest BCUT2D eigenvalue weighted by atomic mass is 9.93. The van der Waals surface area contributed by atoms with Crippen molar-refractivity contribution < 1.29 is 9.15 Å². The standard InChI is InChI=1S/C13H19NO2/c1-10-12(11-5-4-8-15-11)16-9-13(14-10)6-2-3-7-13/h4-5,8,10,12,14H,2-3,6-7,9H2,1H3. The Morgan fingerprint density at radius 3 is 2.81 bits per heavy atom. The maximum absolute atomic E-state index is 6.02. The summed E-state index contributed by atoms with van der Waals surface area (Å²) in [4.78, 5) is 0. The third-order valence-corrected chi connectivity index (χ3v) is 3.91. The van der Waals surface area contributed by atoms with Gasteiger partial charge in [0.25, 0.3) is 0 Å². The molecular formula is C13H19NO2. The van der Waals surface area contributed by atoms with Crippen molar-refractivity contribution in [2.24, 2.45) is 0 Å². The van der Waals surface area contributed by atoms with Crippen LogP contribution in [0.2, 0.25) is 0 Å². The highest BCUT2D eigenvalue weighted by atomic mass is 16.5. The van der Waals surface area contributed by atoms with Gasteiger partial charge in [-0.2, -0.15) is 0 Å². The van der Waals surface area contributed by atoms with E-state index in [0.717, 1.165) is 12.4 Å². The minimum Gasteiger partial charge on any atom is -0.467 e. The van der Waals surface area contributed by atoms with Crippen molar-refractivity contribution in [2.45, 2.75) is 50.3 Å². The highest BCUT2D eigenvalue weighted by Gasteiger charge is 2.42. The van der Waals surface area contributed by atoms with Crippen LogP contribution in [0.15, 0.2) is 22.8 Å². The Balaban J connectivity index is 1.73. The Labute approximate surface area is 96.2 Å². The number of rotatable bonds is 1. The Hall–Kier alpha value is -0.800. The van der Waals surface area contributed by atoms with E-state index < -0.39 is 0 Å². The lowest BCUT2D eigenvalue weighted by Crippen LogP contribution is -2.57. The molecular weight excluding hydrogens is 202 g/mol. The molecule has 0 radical (unpaired) electrons. The molecule has 1 aromatic rings. The summed E-state index contributed by atoms with van der Waals surface area (Å²) in [6, 6.07) is 4.25. The summed E-state index contributed by atoms with van der Waals surface area (Å²) < 4.78 is 11.4. The summed E-state index contributed by atoms with van der Waals surface area (Å²) >= 11 is 0. The lowest BCUT2D eigenvalue weighted by Gasteiger charge is -2.42. The van der Waals surface area contributed by atoms with Crippen LogP contribution < -0.4 is 5.32 Å². The summed E-state index contributed by atoms with van der Waals surface area (Å²) in [6.07, 6.45) is 6.94. The van der Waals surface area contributed by atoms with E-state index in [1.165, 1.54) is 25.7 Å². The molecule has 0 bridgehead atoms. The van der Waals surface area contributed by atoms with Crippen LogP contribution in [0.5, 0.6) is 0 Å². The van der Waals surface area contributed by atoms with Gasteiger partial charge < -0.3 is 14.5 Å². The van der Waals surface area contributed by atoms with Gasteiger partial charge in [-0.15, -0.1) is 0 Å². The molecule has 2 aliphatic rings. The van der Waals surface area contributed by atoms with E-state index in [9.17, 15) is 0 Å². The summed E-state index contributed by atoms with van der Waals surface area (Å²) in [5.41, 5.74) is 0.252. The van der Waals surface area contributed by atoms with Crippen LogP contribution in [-0.2, 0) is 4.74 Å². The normalized spacial score (nSPS) is 33.3. The Kier molecular flexibility index (Phi) is 2.52. The van der Waals surface area contributed by atoms with Gasteiger partial charge in [-0.05, 0) is 31.9 Å². The maximum atomic E-state index is 6.02. The van der Waals surface area contributed by atoms with Gasteiger partial charge in [0, 0.05) is 11.6 Å². The van der Waals surface area contributed by atoms with Crippen molar-refractivity contribution in [3.05, 3.63) is 24.2 Å². The highest BCUT2D eigenvalue weighted by molar-refractivity contribution is 5.09. The van der Waals surface area contributed by atoms with Crippen molar-refractivity contribution >= 4 is 0 Å². The van der Waals surface area contributed by atoms with Crippen molar-refractivity contribution in [1.82, 2.24) is 5.32 Å². The number of hydrogen-bond donors (Lipinski definition) is 1. The van der Waals surface area contributed by atoms with Gasteiger partial charge in [0.05, 0.1) is 12.9 Å². The van der Waals surface area contributed by atoms with Crippen LogP contribution in [0.3, 0.4) is 0 Å². The molecule has 1 N–H and O–H groups in total. The molecule has 2 unspecified atom stereocenters. The average Bonchev–Trinajstić information content (AvgIpc) is 2.90. The molecule has 3 nitrogen and oxygen atoms in total. The second-order valence-corrected chi connectivity index (χ2v) is 5.17. The topological polar surface area (TPSA) is 34.4 Å². The van der Waals surface area contributed by atoms with Gasteiger partial charge in [0.2, 0.25) is 0 Å². The zero-order valence-corrected chi connectivity index (χ0v) is 9.74. The summed E-state index contributed by atoms with van der Waals surface area (Å²) in [5, 5.41) is 3.75. The Bertz CT molecular complexity index is 341.